The second-order valence-corrected chi connectivity index (χ2v) is 13.6. The minimum atomic E-state index is -4.33. The number of amides is 2. The summed E-state index contributed by atoms with van der Waals surface area (Å²) in [6, 6.07) is 16.7. The Morgan fingerprint density at radius 2 is 1.53 bits per heavy atom. The minimum Gasteiger partial charge on any atom is -0.494 e. The zero-order chi connectivity index (χ0) is 33.4. The number of methoxy groups -OCH3 is 2. The van der Waals surface area contributed by atoms with E-state index in [0.717, 1.165) is 9.87 Å². The zero-order valence-corrected chi connectivity index (χ0v) is 28.4. The molecule has 1 atom stereocenters. The first-order valence-corrected chi connectivity index (χ1v) is 16.4. The lowest BCUT2D eigenvalue weighted by atomic mass is 10.1. The van der Waals surface area contributed by atoms with Gasteiger partial charge >= 0.3 is 0 Å². The maximum atomic E-state index is 14.3. The van der Waals surface area contributed by atoms with Crippen molar-refractivity contribution in [3.63, 3.8) is 0 Å². The zero-order valence-electron chi connectivity index (χ0n) is 26.8. The molecular weight excluding hydrogens is 618 g/mol. The quantitative estimate of drug-likeness (QED) is 0.237. The van der Waals surface area contributed by atoms with Crippen LogP contribution in [0.15, 0.2) is 71.6 Å². The molecule has 3 aromatic carbocycles. The molecule has 244 valence electrons. The molecule has 0 aliphatic rings. The first-order valence-electron chi connectivity index (χ1n) is 14.6. The minimum absolute atomic E-state index is 0.0552. The number of carbonyl (C=O) groups excluding carboxylic acids is 2. The summed E-state index contributed by atoms with van der Waals surface area (Å²) < 4.78 is 45.7. The molecule has 45 heavy (non-hydrogen) atoms. The molecule has 0 saturated carbocycles. The van der Waals surface area contributed by atoms with Crippen molar-refractivity contribution in [3.05, 3.63) is 77.3 Å². The number of hydrogen-bond donors (Lipinski definition) is 1. The van der Waals surface area contributed by atoms with E-state index in [9.17, 15) is 18.0 Å². The Bertz CT molecular complexity index is 1560. The van der Waals surface area contributed by atoms with Crippen LogP contribution in [0.3, 0.4) is 0 Å². The Labute approximate surface area is 271 Å². The highest BCUT2D eigenvalue weighted by Crippen LogP contribution is 2.33. The second-order valence-electron chi connectivity index (χ2n) is 11.3. The van der Waals surface area contributed by atoms with Gasteiger partial charge in [-0.05, 0) is 88.2 Å². The van der Waals surface area contributed by atoms with E-state index in [1.807, 2.05) is 27.7 Å². The van der Waals surface area contributed by atoms with Gasteiger partial charge in [-0.2, -0.15) is 0 Å². The van der Waals surface area contributed by atoms with Gasteiger partial charge in [0.05, 0.1) is 31.4 Å². The molecule has 0 heterocycles. The summed E-state index contributed by atoms with van der Waals surface area (Å²) in [5, 5.41) is 3.48. The Morgan fingerprint density at radius 3 is 2.07 bits per heavy atom. The smallest absolute Gasteiger partial charge is 0.264 e. The van der Waals surface area contributed by atoms with Crippen LogP contribution >= 0.6 is 11.6 Å². The predicted molar refractivity (Wildman–Crippen MR) is 176 cm³/mol. The molecule has 0 radical (unpaired) electrons. The van der Waals surface area contributed by atoms with Gasteiger partial charge in [0.25, 0.3) is 10.0 Å². The van der Waals surface area contributed by atoms with E-state index in [-0.39, 0.29) is 28.8 Å². The van der Waals surface area contributed by atoms with E-state index >= 15 is 0 Å². The van der Waals surface area contributed by atoms with Crippen molar-refractivity contribution < 1.29 is 32.2 Å². The van der Waals surface area contributed by atoms with Crippen LogP contribution in [0.2, 0.25) is 5.02 Å². The van der Waals surface area contributed by atoms with Gasteiger partial charge in [-0.25, -0.2) is 8.42 Å². The van der Waals surface area contributed by atoms with Gasteiger partial charge in [0.2, 0.25) is 11.8 Å². The summed E-state index contributed by atoms with van der Waals surface area (Å²) >= 11 is 6.10. The van der Waals surface area contributed by atoms with E-state index in [0.29, 0.717) is 29.5 Å². The molecule has 0 aliphatic carbocycles. The molecule has 3 aromatic rings. The highest BCUT2D eigenvalue weighted by Gasteiger charge is 2.35. The number of nitrogens with one attached hydrogen (secondary N) is 1. The highest BCUT2D eigenvalue weighted by molar-refractivity contribution is 7.92. The monoisotopic (exact) mass is 659 g/mol. The van der Waals surface area contributed by atoms with Crippen LogP contribution in [-0.4, -0.2) is 64.1 Å². The average Bonchev–Trinajstić information content (AvgIpc) is 2.99. The van der Waals surface area contributed by atoms with Crippen LogP contribution in [0.4, 0.5) is 5.69 Å². The van der Waals surface area contributed by atoms with Gasteiger partial charge in [-0.1, -0.05) is 30.7 Å². The van der Waals surface area contributed by atoms with Crippen LogP contribution in [0, 0.1) is 0 Å². The molecule has 3 rings (SSSR count). The Kier molecular flexibility index (Phi) is 12.1. The predicted octanol–water partition coefficient (Wildman–Crippen LogP) is 5.67. The summed E-state index contributed by atoms with van der Waals surface area (Å²) in [5.74, 6) is 0.197. The van der Waals surface area contributed by atoms with Crippen LogP contribution in [-0.2, 0) is 26.2 Å². The van der Waals surface area contributed by atoms with Crippen molar-refractivity contribution in [2.75, 3.05) is 31.7 Å². The first kappa shape index (κ1) is 35.5. The molecule has 1 unspecified atom stereocenters. The molecule has 0 saturated heterocycles. The fourth-order valence-electron chi connectivity index (χ4n) is 4.67. The van der Waals surface area contributed by atoms with E-state index in [1.165, 1.54) is 37.3 Å². The van der Waals surface area contributed by atoms with Crippen molar-refractivity contribution in [2.45, 2.75) is 64.1 Å². The number of benzene rings is 3. The van der Waals surface area contributed by atoms with Crippen molar-refractivity contribution >= 4 is 39.1 Å². The van der Waals surface area contributed by atoms with Crippen LogP contribution in [0.5, 0.6) is 17.2 Å². The topological polar surface area (TPSA) is 114 Å². The highest BCUT2D eigenvalue weighted by atomic mass is 35.5. The first-order chi connectivity index (χ1) is 21.2. The van der Waals surface area contributed by atoms with Gasteiger partial charge in [0.1, 0.15) is 18.3 Å². The summed E-state index contributed by atoms with van der Waals surface area (Å²) in [5.41, 5.74) is 0.412. The summed E-state index contributed by atoms with van der Waals surface area (Å²) in [4.78, 5) is 29.1. The lowest BCUT2D eigenvalue weighted by Crippen LogP contribution is -2.55. The maximum absolute atomic E-state index is 14.3. The molecule has 0 spiro atoms. The molecule has 0 aliphatic heterocycles. The standard InChI is InChI=1S/C33H42ClN3O7S/c1-8-28(32(39)35-33(3,4)5)36(21-23-10-12-24(34)13-11-23)31(38)22-37(25-14-16-26(17-15-25)44-9-2)45(40,41)27-18-19-29(42-6)30(20-27)43-7/h10-20,28H,8-9,21-22H2,1-7H3,(H,35,39). The number of halogens is 1. The molecule has 12 heteroatoms. The fraction of sp³-hybridized carbons (Fsp3) is 0.394. The SMILES string of the molecule is CCOc1ccc(N(CC(=O)N(Cc2ccc(Cl)cc2)C(CC)C(=O)NC(C)(C)C)S(=O)(=O)c2ccc(OC)c(OC)c2)cc1. The third-order valence-corrected chi connectivity index (χ3v) is 8.83. The summed E-state index contributed by atoms with van der Waals surface area (Å²) in [6.45, 7) is 9.11. The molecule has 0 bridgehead atoms. The maximum Gasteiger partial charge on any atom is 0.264 e. The Balaban J connectivity index is 2.12. The van der Waals surface area contributed by atoms with Crippen molar-refractivity contribution in [2.24, 2.45) is 0 Å². The fourth-order valence-corrected chi connectivity index (χ4v) is 6.22. The molecule has 10 nitrogen and oxygen atoms in total. The van der Waals surface area contributed by atoms with Gasteiger partial charge in [0.15, 0.2) is 11.5 Å². The Hall–Kier alpha value is -3.96. The number of anilines is 1. The van der Waals surface area contributed by atoms with Crippen molar-refractivity contribution in [1.82, 2.24) is 10.2 Å². The molecule has 0 aromatic heterocycles. The summed E-state index contributed by atoms with van der Waals surface area (Å²) in [7, 11) is -1.48. The second kappa shape index (κ2) is 15.4. The average molecular weight is 660 g/mol. The number of ether oxygens (including phenoxy) is 3. The third kappa shape index (κ3) is 9.27. The molecule has 1 N–H and O–H groups in total. The largest absolute Gasteiger partial charge is 0.494 e. The van der Waals surface area contributed by atoms with E-state index in [2.05, 4.69) is 5.32 Å². The van der Waals surface area contributed by atoms with Crippen LogP contribution < -0.4 is 23.8 Å². The van der Waals surface area contributed by atoms with E-state index in [1.54, 1.807) is 55.5 Å². The van der Waals surface area contributed by atoms with Crippen molar-refractivity contribution in [1.29, 1.82) is 0 Å². The van der Waals surface area contributed by atoms with Gasteiger partial charge in [-0.15, -0.1) is 0 Å². The number of hydrogen-bond acceptors (Lipinski definition) is 7. The Morgan fingerprint density at radius 1 is 0.911 bits per heavy atom. The van der Waals surface area contributed by atoms with Crippen LogP contribution in [0.1, 0.15) is 46.6 Å². The number of rotatable bonds is 14. The molecule has 0 fully saturated rings. The normalized spacial score (nSPS) is 12.2. The van der Waals surface area contributed by atoms with Crippen LogP contribution in [0.25, 0.3) is 0 Å². The lowest BCUT2D eigenvalue weighted by molar-refractivity contribution is -0.141. The van der Waals surface area contributed by atoms with E-state index < -0.39 is 34.1 Å². The number of carbonyl (C=O) groups is 2. The molecule has 2 amide bonds. The van der Waals surface area contributed by atoms with Gasteiger partial charge in [-0.3, -0.25) is 13.9 Å². The molecular formula is C33H42ClN3O7S. The third-order valence-electron chi connectivity index (χ3n) is 6.81. The van der Waals surface area contributed by atoms with Gasteiger partial charge in [0, 0.05) is 23.2 Å². The number of sulfonamides is 1. The summed E-state index contributed by atoms with van der Waals surface area (Å²) in [6.07, 6.45) is 0.298. The van der Waals surface area contributed by atoms with E-state index in [4.69, 9.17) is 25.8 Å². The number of nitrogens with zero attached hydrogens (tertiary/aromatic N) is 2. The lowest BCUT2D eigenvalue weighted by Gasteiger charge is -2.34. The van der Waals surface area contributed by atoms with Crippen molar-refractivity contribution in [3.8, 4) is 17.2 Å². The van der Waals surface area contributed by atoms with Gasteiger partial charge < -0.3 is 24.4 Å².